The number of anilines is 1. The number of allylic oxidation sites excluding steroid dienone is 2. The number of amides is 2. The van der Waals surface area contributed by atoms with Gasteiger partial charge in [0.25, 0.3) is 0 Å². The second-order valence-electron chi connectivity index (χ2n) is 7.41. The Labute approximate surface area is 169 Å². The van der Waals surface area contributed by atoms with Crippen LogP contribution in [0.5, 0.6) is 0 Å². The van der Waals surface area contributed by atoms with E-state index in [4.69, 9.17) is 0 Å². The van der Waals surface area contributed by atoms with E-state index < -0.39 is 23.9 Å². The van der Waals surface area contributed by atoms with E-state index in [0.29, 0.717) is 0 Å². The summed E-state index contributed by atoms with van der Waals surface area (Å²) in [5.74, 6) is -0.841. The fourth-order valence-electron chi connectivity index (χ4n) is 4.28. The Balaban J connectivity index is 1.53. The predicted molar refractivity (Wildman–Crippen MR) is 109 cm³/mol. The zero-order chi connectivity index (χ0) is 20.4. The SMILES string of the molecule is N#C[C@H]1[C@@H](c2ccc(C3=CCCC3)cc2)[C@@H](CO)N1C(=O)Nc1ccccc1F. The lowest BCUT2D eigenvalue weighted by Gasteiger charge is -2.51. The number of hydrogen-bond donors (Lipinski definition) is 2. The van der Waals surface area contributed by atoms with E-state index in [-0.39, 0.29) is 18.2 Å². The number of carbonyl (C=O) groups is 1. The van der Waals surface area contributed by atoms with Gasteiger partial charge in [-0.1, -0.05) is 42.5 Å². The highest BCUT2D eigenvalue weighted by Gasteiger charge is 2.51. The summed E-state index contributed by atoms with van der Waals surface area (Å²) in [5, 5.41) is 22.0. The molecule has 2 amide bonds. The minimum Gasteiger partial charge on any atom is -0.394 e. The van der Waals surface area contributed by atoms with Crippen molar-refractivity contribution in [3.05, 3.63) is 71.6 Å². The molecule has 0 aromatic heterocycles. The van der Waals surface area contributed by atoms with Gasteiger partial charge in [0.15, 0.2) is 0 Å². The molecule has 1 saturated heterocycles. The molecule has 6 heteroatoms. The number of likely N-dealkylation sites (tertiary alicyclic amines) is 1. The number of nitriles is 1. The Bertz CT molecular complexity index is 980. The number of rotatable bonds is 4. The summed E-state index contributed by atoms with van der Waals surface area (Å²) >= 11 is 0. The van der Waals surface area contributed by atoms with Crippen LogP contribution in [0.4, 0.5) is 14.9 Å². The van der Waals surface area contributed by atoms with Crippen molar-refractivity contribution in [2.45, 2.75) is 37.3 Å². The average Bonchev–Trinajstić information content (AvgIpc) is 3.25. The van der Waals surface area contributed by atoms with Gasteiger partial charge < -0.3 is 15.3 Å². The summed E-state index contributed by atoms with van der Waals surface area (Å²) in [6.07, 6.45) is 5.61. The Morgan fingerprint density at radius 1 is 1.24 bits per heavy atom. The molecule has 4 rings (SSSR count). The van der Waals surface area contributed by atoms with E-state index in [0.717, 1.165) is 18.4 Å². The fourth-order valence-corrected chi connectivity index (χ4v) is 4.28. The molecule has 0 saturated carbocycles. The van der Waals surface area contributed by atoms with Gasteiger partial charge >= 0.3 is 6.03 Å². The number of nitrogens with one attached hydrogen (secondary N) is 1. The van der Waals surface area contributed by atoms with Crippen LogP contribution < -0.4 is 5.32 Å². The van der Waals surface area contributed by atoms with Gasteiger partial charge in [-0.2, -0.15) is 5.26 Å². The molecule has 2 N–H and O–H groups in total. The molecule has 148 valence electrons. The number of benzene rings is 2. The summed E-state index contributed by atoms with van der Waals surface area (Å²) in [6, 6.07) is 14.2. The monoisotopic (exact) mass is 391 g/mol. The molecule has 1 fully saturated rings. The summed E-state index contributed by atoms with van der Waals surface area (Å²) in [6.45, 7) is -0.277. The third kappa shape index (κ3) is 3.50. The van der Waals surface area contributed by atoms with E-state index in [1.165, 1.54) is 40.7 Å². The zero-order valence-corrected chi connectivity index (χ0v) is 15.9. The van der Waals surface area contributed by atoms with Crippen molar-refractivity contribution in [3.8, 4) is 6.07 Å². The first-order valence-electron chi connectivity index (χ1n) is 9.77. The number of hydrogen-bond acceptors (Lipinski definition) is 3. The number of carbonyl (C=O) groups excluding carboxylic acids is 1. The van der Waals surface area contributed by atoms with Crippen molar-refractivity contribution in [3.63, 3.8) is 0 Å². The molecule has 2 aliphatic rings. The molecule has 3 atom stereocenters. The van der Waals surface area contributed by atoms with Crippen molar-refractivity contribution in [2.75, 3.05) is 11.9 Å². The van der Waals surface area contributed by atoms with Crippen LogP contribution in [-0.4, -0.2) is 34.7 Å². The Hall–Kier alpha value is -3.17. The van der Waals surface area contributed by atoms with Crippen LogP contribution >= 0.6 is 0 Å². The lowest BCUT2D eigenvalue weighted by Crippen LogP contribution is -2.66. The number of aliphatic hydroxyl groups excluding tert-OH is 1. The van der Waals surface area contributed by atoms with Gasteiger partial charge in [-0.3, -0.25) is 0 Å². The first-order valence-corrected chi connectivity index (χ1v) is 9.77. The van der Waals surface area contributed by atoms with E-state index >= 15 is 0 Å². The number of nitrogens with zero attached hydrogens (tertiary/aromatic N) is 2. The van der Waals surface area contributed by atoms with Crippen LogP contribution in [-0.2, 0) is 0 Å². The standard InChI is InChI=1S/C23H22FN3O2/c24-18-7-3-4-8-19(18)26-23(29)27-20(13-25)22(21(27)14-28)17-11-9-16(10-12-17)15-5-1-2-6-15/h3-5,7-12,20-22,28H,1-2,6,14H2,(H,26,29)/t20-,21+,22+/m0/s1. The van der Waals surface area contributed by atoms with Crippen LogP contribution in [0.15, 0.2) is 54.6 Å². The summed E-state index contributed by atoms with van der Waals surface area (Å²) in [4.78, 5) is 14.0. The predicted octanol–water partition coefficient (Wildman–Crippen LogP) is 4.28. The van der Waals surface area contributed by atoms with Crippen molar-refractivity contribution in [1.29, 1.82) is 5.26 Å². The van der Waals surface area contributed by atoms with Gasteiger partial charge in [0.2, 0.25) is 0 Å². The van der Waals surface area contributed by atoms with Crippen LogP contribution in [0.1, 0.15) is 36.3 Å². The van der Waals surface area contributed by atoms with Crippen LogP contribution in [0.3, 0.4) is 0 Å². The van der Waals surface area contributed by atoms with Gasteiger partial charge in [0.1, 0.15) is 11.9 Å². The quantitative estimate of drug-likeness (QED) is 0.817. The molecule has 0 spiro atoms. The van der Waals surface area contributed by atoms with Gasteiger partial charge in [0, 0.05) is 5.92 Å². The highest BCUT2D eigenvalue weighted by Crippen LogP contribution is 2.41. The highest BCUT2D eigenvalue weighted by atomic mass is 19.1. The Morgan fingerprint density at radius 2 is 2.00 bits per heavy atom. The molecule has 5 nitrogen and oxygen atoms in total. The third-order valence-corrected chi connectivity index (χ3v) is 5.79. The molecular weight excluding hydrogens is 369 g/mol. The van der Waals surface area contributed by atoms with Crippen molar-refractivity contribution in [2.24, 2.45) is 0 Å². The van der Waals surface area contributed by atoms with Crippen LogP contribution in [0.2, 0.25) is 0 Å². The topological polar surface area (TPSA) is 76.4 Å². The molecular formula is C23H22FN3O2. The maximum absolute atomic E-state index is 13.8. The fraction of sp³-hybridized carbons (Fsp3) is 0.304. The first kappa shape index (κ1) is 19.2. The molecule has 1 heterocycles. The zero-order valence-electron chi connectivity index (χ0n) is 15.9. The molecule has 0 unspecified atom stereocenters. The van der Waals surface area contributed by atoms with Crippen LogP contribution in [0.25, 0.3) is 5.57 Å². The minimum absolute atomic E-state index is 0.0449. The maximum atomic E-state index is 13.8. The first-order chi connectivity index (χ1) is 14.1. The van der Waals surface area contributed by atoms with Gasteiger partial charge in [0.05, 0.1) is 24.4 Å². The maximum Gasteiger partial charge on any atom is 0.323 e. The number of para-hydroxylation sites is 1. The second-order valence-corrected chi connectivity index (χ2v) is 7.41. The Kier molecular flexibility index (Phi) is 5.32. The Morgan fingerprint density at radius 3 is 2.62 bits per heavy atom. The summed E-state index contributed by atoms with van der Waals surface area (Å²) < 4.78 is 13.8. The largest absolute Gasteiger partial charge is 0.394 e. The smallest absolute Gasteiger partial charge is 0.323 e. The lowest BCUT2D eigenvalue weighted by atomic mass is 9.75. The highest BCUT2D eigenvalue weighted by molar-refractivity contribution is 5.91. The van der Waals surface area contributed by atoms with E-state index in [1.54, 1.807) is 6.07 Å². The number of halogens is 1. The molecule has 1 aliphatic carbocycles. The van der Waals surface area contributed by atoms with Gasteiger partial charge in [-0.25, -0.2) is 9.18 Å². The minimum atomic E-state index is -0.726. The molecule has 2 aromatic carbocycles. The van der Waals surface area contributed by atoms with E-state index in [1.807, 2.05) is 24.3 Å². The van der Waals surface area contributed by atoms with Gasteiger partial charge in [-0.05, 0) is 48.1 Å². The summed E-state index contributed by atoms with van der Waals surface area (Å²) in [5.41, 5.74) is 3.47. The number of urea groups is 1. The molecule has 0 radical (unpaired) electrons. The average molecular weight is 391 g/mol. The molecule has 0 bridgehead atoms. The lowest BCUT2D eigenvalue weighted by molar-refractivity contribution is 0.0223. The number of aliphatic hydroxyl groups is 1. The van der Waals surface area contributed by atoms with Gasteiger partial charge in [-0.15, -0.1) is 0 Å². The van der Waals surface area contributed by atoms with E-state index in [2.05, 4.69) is 17.5 Å². The normalized spacial score (nSPS) is 23.1. The van der Waals surface area contributed by atoms with E-state index in [9.17, 15) is 19.6 Å². The molecule has 1 aliphatic heterocycles. The third-order valence-electron chi connectivity index (χ3n) is 5.79. The second kappa shape index (κ2) is 8.06. The molecule has 29 heavy (non-hydrogen) atoms. The van der Waals surface area contributed by atoms with Crippen molar-refractivity contribution >= 4 is 17.3 Å². The van der Waals surface area contributed by atoms with Crippen molar-refractivity contribution in [1.82, 2.24) is 4.90 Å². The van der Waals surface area contributed by atoms with Crippen molar-refractivity contribution < 1.29 is 14.3 Å². The van der Waals surface area contributed by atoms with Crippen LogP contribution in [0, 0.1) is 17.1 Å². The molecule has 2 aromatic rings. The summed E-state index contributed by atoms with van der Waals surface area (Å²) in [7, 11) is 0.